The van der Waals surface area contributed by atoms with Crippen LogP contribution in [0.4, 0.5) is 4.39 Å². The van der Waals surface area contributed by atoms with Crippen molar-refractivity contribution in [2.24, 2.45) is 5.92 Å². The van der Waals surface area contributed by atoms with Crippen molar-refractivity contribution in [3.63, 3.8) is 0 Å². The maximum atomic E-state index is 13.6. The lowest BCUT2D eigenvalue weighted by atomic mass is 10.0. The highest BCUT2D eigenvalue weighted by Gasteiger charge is 2.26. The summed E-state index contributed by atoms with van der Waals surface area (Å²) in [6.07, 6.45) is 0. The van der Waals surface area contributed by atoms with Crippen molar-refractivity contribution in [1.29, 1.82) is 0 Å². The molecule has 0 saturated heterocycles. The largest absolute Gasteiger partial charge is 0.454 e. The fourth-order valence-electron chi connectivity index (χ4n) is 2.73. The van der Waals surface area contributed by atoms with Crippen LogP contribution in [0.15, 0.2) is 42.5 Å². The summed E-state index contributed by atoms with van der Waals surface area (Å²) in [4.78, 5) is 36.8. The van der Waals surface area contributed by atoms with Crippen molar-refractivity contribution in [3.05, 3.63) is 70.5 Å². The molecule has 30 heavy (non-hydrogen) atoms. The van der Waals surface area contributed by atoms with E-state index in [9.17, 15) is 18.8 Å². The van der Waals surface area contributed by atoms with E-state index < -0.39 is 24.5 Å². The van der Waals surface area contributed by atoms with Crippen LogP contribution >= 0.6 is 0 Å². The molecule has 0 bridgehead atoms. The van der Waals surface area contributed by atoms with E-state index >= 15 is 0 Å². The Balaban J connectivity index is 1.87. The Bertz CT molecular complexity index is 927. The molecule has 2 N–H and O–H groups in total. The predicted molar refractivity (Wildman–Crippen MR) is 111 cm³/mol. The van der Waals surface area contributed by atoms with Gasteiger partial charge in [0.2, 0.25) is 0 Å². The average Bonchev–Trinajstić information content (AvgIpc) is 2.70. The van der Waals surface area contributed by atoms with E-state index in [4.69, 9.17) is 4.74 Å². The molecule has 0 aliphatic rings. The molecule has 0 fully saturated rings. The number of halogens is 1. The number of rotatable bonds is 8. The molecule has 2 aromatic rings. The quantitative estimate of drug-likeness (QED) is 0.651. The highest BCUT2D eigenvalue weighted by atomic mass is 19.1. The summed E-state index contributed by atoms with van der Waals surface area (Å²) < 4.78 is 18.6. The van der Waals surface area contributed by atoms with E-state index in [1.165, 1.54) is 6.07 Å². The molecule has 6 nitrogen and oxygen atoms in total. The van der Waals surface area contributed by atoms with Gasteiger partial charge >= 0.3 is 5.97 Å². The van der Waals surface area contributed by atoms with Gasteiger partial charge in [0.1, 0.15) is 11.9 Å². The number of esters is 1. The SMILES string of the molecule is Cc1cccc(C(=O)N[C@H](C(=O)OCC(=O)NCc2ccc(C)c(F)c2)C(C)C)c1. The minimum atomic E-state index is -0.892. The van der Waals surface area contributed by atoms with Crippen LogP contribution < -0.4 is 10.6 Å². The standard InChI is InChI=1S/C23H27FN2O4/c1-14(2)21(26-22(28)18-7-5-6-15(3)10-18)23(29)30-13-20(27)25-12-17-9-8-16(4)19(24)11-17/h5-11,14,21H,12-13H2,1-4H3,(H,25,27)(H,26,28)/t21-/m0/s1. The Morgan fingerprint density at radius 3 is 2.43 bits per heavy atom. The average molecular weight is 414 g/mol. The van der Waals surface area contributed by atoms with E-state index in [-0.39, 0.29) is 24.2 Å². The molecule has 7 heteroatoms. The Labute approximate surface area is 175 Å². The number of hydrogen-bond acceptors (Lipinski definition) is 4. The summed E-state index contributed by atoms with van der Waals surface area (Å²) in [6, 6.07) is 10.8. The van der Waals surface area contributed by atoms with Gasteiger partial charge < -0.3 is 15.4 Å². The van der Waals surface area contributed by atoms with Crippen LogP contribution in [0.3, 0.4) is 0 Å². The number of amides is 2. The van der Waals surface area contributed by atoms with E-state index in [0.29, 0.717) is 16.7 Å². The molecule has 1 atom stereocenters. The number of benzene rings is 2. The molecule has 0 aromatic heterocycles. The first-order valence-corrected chi connectivity index (χ1v) is 9.73. The zero-order chi connectivity index (χ0) is 22.3. The van der Waals surface area contributed by atoms with Crippen LogP contribution in [0.2, 0.25) is 0 Å². The van der Waals surface area contributed by atoms with Gasteiger partial charge in [-0.25, -0.2) is 9.18 Å². The summed E-state index contributed by atoms with van der Waals surface area (Å²) in [7, 11) is 0. The molecule has 0 aliphatic carbocycles. The Hall–Kier alpha value is -3.22. The second-order valence-corrected chi connectivity index (χ2v) is 7.53. The van der Waals surface area contributed by atoms with E-state index in [1.807, 2.05) is 13.0 Å². The Morgan fingerprint density at radius 1 is 1.07 bits per heavy atom. The molecule has 160 valence electrons. The van der Waals surface area contributed by atoms with Gasteiger partial charge in [0.05, 0.1) is 0 Å². The maximum absolute atomic E-state index is 13.6. The summed E-state index contributed by atoms with van der Waals surface area (Å²) in [6.45, 7) is 6.69. The molecule has 2 rings (SSSR count). The fourth-order valence-corrected chi connectivity index (χ4v) is 2.73. The Morgan fingerprint density at radius 2 is 1.80 bits per heavy atom. The van der Waals surface area contributed by atoms with Crippen molar-refractivity contribution in [3.8, 4) is 0 Å². The lowest BCUT2D eigenvalue weighted by Crippen LogP contribution is -2.46. The minimum absolute atomic E-state index is 0.116. The second kappa shape index (κ2) is 10.5. The van der Waals surface area contributed by atoms with Gasteiger partial charge in [0, 0.05) is 12.1 Å². The number of nitrogens with one attached hydrogen (secondary N) is 2. The molecule has 0 radical (unpaired) electrons. The second-order valence-electron chi connectivity index (χ2n) is 7.53. The topological polar surface area (TPSA) is 84.5 Å². The number of carbonyl (C=O) groups excluding carboxylic acids is 3. The third kappa shape index (κ3) is 6.69. The molecule has 0 spiro atoms. The van der Waals surface area contributed by atoms with E-state index in [0.717, 1.165) is 5.56 Å². The van der Waals surface area contributed by atoms with Crippen molar-refractivity contribution >= 4 is 17.8 Å². The monoisotopic (exact) mass is 414 g/mol. The van der Waals surface area contributed by atoms with Gasteiger partial charge in [0.25, 0.3) is 11.8 Å². The van der Waals surface area contributed by atoms with Gasteiger partial charge in [-0.05, 0) is 49.1 Å². The first kappa shape index (κ1) is 23.1. The fraction of sp³-hybridized carbons (Fsp3) is 0.348. The molecule has 2 amide bonds. The molecule has 0 aliphatic heterocycles. The molecule has 0 saturated carbocycles. The number of ether oxygens (including phenoxy) is 1. The summed E-state index contributed by atoms with van der Waals surface area (Å²) in [5.74, 6) is -2.18. The van der Waals surface area contributed by atoms with Crippen molar-refractivity contribution in [2.45, 2.75) is 40.3 Å². The van der Waals surface area contributed by atoms with Crippen LogP contribution in [0.5, 0.6) is 0 Å². The van der Waals surface area contributed by atoms with Crippen LogP contribution in [-0.4, -0.2) is 30.4 Å². The van der Waals surface area contributed by atoms with Gasteiger partial charge in [-0.15, -0.1) is 0 Å². The highest BCUT2D eigenvalue weighted by molar-refractivity contribution is 5.97. The van der Waals surface area contributed by atoms with Gasteiger partial charge in [-0.3, -0.25) is 9.59 Å². The molecule has 2 aromatic carbocycles. The van der Waals surface area contributed by atoms with E-state index in [1.54, 1.807) is 51.1 Å². The normalized spacial score (nSPS) is 11.7. The van der Waals surface area contributed by atoms with Gasteiger partial charge in [-0.2, -0.15) is 0 Å². The first-order valence-electron chi connectivity index (χ1n) is 9.73. The summed E-state index contributed by atoms with van der Waals surface area (Å²) in [5.41, 5.74) is 2.49. The van der Waals surface area contributed by atoms with Crippen LogP contribution in [0.1, 0.15) is 40.9 Å². The molecular formula is C23H27FN2O4. The van der Waals surface area contributed by atoms with Crippen molar-refractivity contribution in [1.82, 2.24) is 10.6 Å². The lowest BCUT2D eigenvalue weighted by Gasteiger charge is -2.21. The van der Waals surface area contributed by atoms with Crippen LogP contribution in [0, 0.1) is 25.6 Å². The molecular weight excluding hydrogens is 387 g/mol. The zero-order valence-electron chi connectivity index (χ0n) is 17.6. The number of aryl methyl sites for hydroxylation is 2. The van der Waals surface area contributed by atoms with Gasteiger partial charge in [-0.1, -0.05) is 43.7 Å². The maximum Gasteiger partial charge on any atom is 0.329 e. The third-order valence-electron chi connectivity index (χ3n) is 4.56. The van der Waals surface area contributed by atoms with Crippen molar-refractivity contribution in [2.75, 3.05) is 6.61 Å². The van der Waals surface area contributed by atoms with Crippen LogP contribution in [0.25, 0.3) is 0 Å². The Kier molecular flexibility index (Phi) is 8.09. The van der Waals surface area contributed by atoms with Crippen LogP contribution in [-0.2, 0) is 20.9 Å². The third-order valence-corrected chi connectivity index (χ3v) is 4.56. The van der Waals surface area contributed by atoms with Crippen molar-refractivity contribution < 1.29 is 23.5 Å². The zero-order valence-corrected chi connectivity index (χ0v) is 17.6. The smallest absolute Gasteiger partial charge is 0.329 e. The highest BCUT2D eigenvalue weighted by Crippen LogP contribution is 2.10. The van der Waals surface area contributed by atoms with E-state index in [2.05, 4.69) is 10.6 Å². The minimum Gasteiger partial charge on any atom is -0.454 e. The summed E-state index contributed by atoms with van der Waals surface area (Å²) >= 11 is 0. The first-order chi connectivity index (χ1) is 14.2. The summed E-state index contributed by atoms with van der Waals surface area (Å²) in [5, 5.41) is 5.24. The number of hydrogen-bond donors (Lipinski definition) is 2. The molecule has 0 unspecified atom stereocenters. The predicted octanol–water partition coefficient (Wildman–Crippen LogP) is 3.06. The molecule has 0 heterocycles. The van der Waals surface area contributed by atoms with Gasteiger partial charge in [0.15, 0.2) is 6.61 Å². The number of carbonyl (C=O) groups is 3. The lowest BCUT2D eigenvalue weighted by molar-refractivity contribution is -0.151.